The molecular weight excluding hydrogens is 252 g/mol. The van der Waals surface area contributed by atoms with Gasteiger partial charge in [-0.3, -0.25) is 4.79 Å². The molecule has 0 radical (unpaired) electrons. The zero-order valence-corrected chi connectivity index (χ0v) is 12.1. The van der Waals surface area contributed by atoms with E-state index in [1.807, 2.05) is 37.3 Å². The van der Waals surface area contributed by atoms with E-state index in [1.165, 1.54) is 0 Å². The SMILES string of the molecule is CCC(Nc1ccc(C(=O)NC)cc1C)c1ccco1. The summed E-state index contributed by atoms with van der Waals surface area (Å²) in [5.74, 6) is 0.847. The van der Waals surface area contributed by atoms with Gasteiger partial charge in [0, 0.05) is 18.3 Å². The van der Waals surface area contributed by atoms with E-state index < -0.39 is 0 Å². The summed E-state index contributed by atoms with van der Waals surface area (Å²) in [5.41, 5.74) is 2.72. The van der Waals surface area contributed by atoms with Crippen LogP contribution in [0.4, 0.5) is 5.69 Å². The van der Waals surface area contributed by atoms with Gasteiger partial charge in [0.1, 0.15) is 5.76 Å². The summed E-state index contributed by atoms with van der Waals surface area (Å²) < 4.78 is 5.45. The molecule has 0 spiro atoms. The number of rotatable bonds is 5. The lowest BCUT2D eigenvalue weighted by atomic mass is 10.1. The van der Waals surface area contributed by atoms with Crippen molar-refractivity contribution < 1.29 is 9.21 Å². The third-order valence-corrected chi connectivity index (χ3v) is 3.34. The highest BCUT2D eigenvalue weighted by Crippen LogP contribution is 2.25. The largest absolute Gasteiger partial charge is 0.467 e. The number of benzene rings is 1. The molecule has 1 heterocycles. The van der Waals surface area contributed by atoms with E-state index in [4.69, 9.17) is 4.42 Å². The molecule has 20 heavy (non-hydrogen) atoms. The van der Waals surface area contributed by atoms with Gasteiger partial charge in [0.25, 0.3) is 5.91 Å². The number of furan rings is 1. The van der Waals surface area contributed by atoms with E-state index in [0.717, 1.165) is 23.4 Å². The van der Waals surface area contributed by atoms with Gasteiger partial charge in [0.05, 0.1) is 12.3 Å². The Kier molecular flexibility index (Phi) is 4.45. The summed E-state index contributed by atoms with van der Waals surface area (Å²) in [6.07, 6.45) is 2.60. The van der Waals surface area contributed by atoms with Crippen LogP contribution in [0.5, 0.6) is 0 Å². The van der Waals surface area contributed by atoms with Gasteiger partial charge in [-0.05, 0) is 49.2 Å². The molecule has 4 heteroatoms. The zero-order valence-electron chi connectivity index (χ0n) is 12.1. The fourth-order valence-corrected chi connectivity index (χ4v) is 2.16. The number of nitrogens with one attached hydrogen (secondary N) is 2. The molecule has 4 nitrogen and oxygen atoms in total. The lowest BCUT2D eigenvalue weighted by molar-refractivity contribution is 0.0963. The van der Waals surface area contributed by atoms with Crippen LogP contribution in [-0.2, 0) is 0 Å². The van der Waals surface area contributed by atoms with Gasteiger partial charge in [-0.1, -0.05) is 6.92 Å². The molecule has 106 valence electrons. The molecule has 1 unspecified atom stereocenters. The molecule has 0 saturated heterocycles. The van der Waals surface area contributed by atoms with Gasteiger partial charge in [0.15, 0.2) is 0 Å². The standard InChI is InChI=1S/C16H20N2O2/c1-4-13(15-6-5-9-20-15)18-14-8-7-12(10-11(14)2)16(19)17-3/h5-10,13,18H,4H2,1-3H3,(H,17,19). The molecule has 0 aliphatic rings. The number of anilines is 1. The van der Waals surface area contributed by atoms with Crippen molar-refractivity contribution in [2.24, 2.45) is 0 Å². The monoisotopic (exact) mass is 272 g/mol. The van der Waals surface area contributed by atoms with Gasteiger partial charge in [0.2, 0.25) is 0 Å². The van der Waals surface area contributed by atoms with Crippen LogP contribution >= 0.6 is 0 Å². The third-order valence-electron chi connectivity index (χ3n) is 3.34. The number of hydrogen-bond acceptors (Lipinski definition) is 3. The van der Waals surface area contributed by atoms with Crippen LogP contribution in [0.1, 0.15) is 41.1 Å². The molecule has 1 aromatic heterocycles. The highest BCUT2D eigenvalue weighted by Gasteiger charge is 2.13. The molecule has 2 N–H and O–H groups in total. The van der Waals surface area contributed by atoms with Crippen molar-refractivity contribution in [1.82, 2.24) is 5.32 Å². The summed E-state index contributed by atoms with van der Waals surface area (Å²) >= 11 is 0. The van der Waals surface area contributed by atoms with Crippen LogP contribution in [0.25, 0.3) is 0 Å². The van der Waals surface area contributed by atoms with Crippen molar-refractivity contribution in [3.05, 3.63) is 53.5 Å². The molecule has 1 amide bonds. The molecule has 2 rings (SSSR count). The van der Waals surface area contributed by atoms with Crippen LogP contribution < -0.4 is 10.6 Å². The van der Waals surface area contributed by atoms with Gasteiger partial charge in [-0.15, -0.1) is 0 Å². The van der Waals surface area contributed by atoms with Gasteiger partial charge in [-0.25, -0.2) is 0 Å². The number of carbonyl (C=O) groups is 1. The Hall–Kier alpha value is -2.23. The zero-order chi connectivity index (χ0) is 14.5. The minimum absolute atomic E-state index is 0.0715. The summed E-state index contributed by atoms with van der Waals surface area (Å²) in [6, 6.07) is 9.63. The first kappa shape index (κ1) is 14.2. The third kappa shape index (κ3) is 3.02. The molecule has 0 fully saturated rings. The summed E-state index contributed by atoms with van der Waals surface area (Å²) in [7, 11) is 1.63. The normalized spacial score (nSPS) is 11.9. The van der Waals surface area contributed by atoms with Crippen molar-refractivity contribution in [3.8, 4) is 0 Å². The predicted molar refractivity (Wildman–Crippen MR) is 79.9 cm³/mol. The Morgan fingerprint density at radius 1 is 1.35 bits per heavy atom. The van der Waals surface area contributed by atoms with Gasteiger partial charge < -0.3 is 15.1 Å². The Balaban J connectivity index is 2.19. The second kappa shape index (κ2) is 6.28. The van der Waals surface area contributed by atoms with Crippen molar-refractivity contribution in [2.45, 2.75) is 26.3 Å². The maximum atomic E-state index is 11.6. The molecule has 2 aromatic rings. The van der Waals surface area contributed by atoms with Crippen molar-refractivity contribution >= 4 is 11.6 Å². The molecule has 1 aromatic carbocycles. The van der Waals surface area contributed by atoms with E-state index >= 15 is 0 Å². The molecule has 1 atom stereocenters. The minimum atomic E-state index is -0.0715. The summed E-state index contributed by atoms with van der Waals surface area (Å²) in [4.78, 5) is 11.6. The molecule has 0 saturated carbocycles. The smallest absolute Gasteiger partial charge is 0.251 e. The highest BCUT2D eigenvalue weighted by atomic mass is 16.3. The first-order valence-corrected chi connectivity index (χ1v) is 6.78. The van der Waals surface area contributed by atoms with Gasteiger partial charge >= 0.3 is 0 Å². The maximum absolute atomic E-state index is 11.6. The van der Waals surface area contributed by atoms with E-state index in [0.29, 0.717) is 5.56 Å². The van der Waals surface area contributed by atoms with E-state index in [2.05, 4.69) is 17.6 Å². The number of hydrogen-bond donors (Lipinski definition) is 2. The summed E-state index contributed by atoms with van der Waals surface area (Å²) in [6.45, 7) is 4.10. The van der Waals surface area contributed by atoms with E-state index in [-0.39, 0.29) is 11.9 Å². The first-order valence-electron chi connectivity index (χ1n) is 6.78. The minimum Gasteiger partial charge on any atom is -0.467 e. The average Bonchev–Trinajstić information content (AvgIpc) is 2.99. The summed E-state index contributed by atoms with van der Waals surface area (Å²) in [5, 5.41) is 6.09. The number of amides is 1. The second-order valence-electron chi connectivity index (χ2n) is 4.73. The number of aryl methyl sites for hydroxylation is 1. The molecular formula is C16H20N2O2. The van der Waals surface area contributed by atoms with Crippen molar-refractivity contribution in [3.63, 3.8) is 0 Å². The van der Waals surface area contributed by atoms with Crippen molar-refractivity contribution in [1.29, 1.82) is 0 Å². The second-order valence-corrected chi connectivity index (χ2v) is 4.73. The van der Waals surface area contributed by atoms with E-state index in [9.17, 15) is 4.79 Å². The van der Waals surface area contributed by atoms with Crippen LogP contribution in [-0.4, -0.2) is 13.0 Å². The fraction of sp³-hybridized carbons (Fsp3) is 0.312. The molecule has 0 aliphatic carbocycles. The first-order chi connectivity index (χ1) is 9.65. The van der Waals surface area contributed by atoms with Crippen LogP contribution in [0.3, 0.4) is 0 Å². The van der Waals surface area contributed by atoms with Crippen LogP contribution in [0.15, 0.2) is 41.0 Å². The quantitative estimate of drug-likeness (QED) is 0.875. The van der Waals surface area contributed by atoms with Gasteiger partial charge in [-0.2, -0.15) is 0 Å². The fourth-order valence-electron chi connectivity index (χ4n) is 2.16. The van der Waals surface area contributed by atoms with Crippen molar-refractivity contribution in [2.75, 3.05) is 12.4 Å². The molecule has 0 aliphatic heterocycles. The Bertz CT molecular complexity index is 576. The lowest BCUT2D eigenvalue weighted by Crippen LogP contribution is -2.18. The number of carbonyl (C=O) groups excluding carboxylic acids is 1. The highest BCUT2D eigenvalue weighted by molar-refractivity contribution is 5.94. The Labute approximate surface area is 119 Å². The average molecular weight is 272 g/mol. The Morgan fingerprint density at radius 3 is 2.70 bits per heavy atom. The van der Waals surface area contributed by atoms with E-state index in [1.54, 1.807) is 13.3 Å². The maximum Gasteiger partial charge on any atom is 0.251 e. The van der Waals surface area contributed by atoms with Crippen LogP contribution in [0.2, 0.25) is 0 Å². The topological polar surface area (TPSA) is 54.3 Å². The predicted octanol–water partition coefficient (Wildman–Crippen LogP) is 3.51. The Morgan fingerprint density at radius 2 is 2.15 bits per heavy atom. The van der Waals surface area contributed by atoms with Crippen LogP contribution in [0, 0.1) is 6.92 Å². The lowest BCUT2D eigenvalue weighted by Gasteiger charge is -2.18. The molecule has 0 bridgehead atoms.